The molecule has 1 aromatic heterocycles. The van der Waals surface area contributed by atoms with Crippen molar-refractivity contribution in [3.63, 3.8) is 0 Å². The molecule has 2 heterocycles. The lowest BCUT2D eigenvalue weighted by molar-refractivity contribution is 0.284. The van der Waals surface area contributed by atoms with E-state index < -0.39 is 5.92 Å². The molecule has 0 spiro atoms. The molecule has 8 nitrogen and oxygen atoms in total. The highest BCUT2D eigenvalue weighted by atomic mass is 16.5. The van der Waals surface area contributed by atoms with Crippen LogP contribution in [0.25, 0.3) is 11.3 Å². The lowest BCUT2D eigenvalue weighted by Gasteiger charge is -2.25. The van der Waals surface area contributed by atoms with Crippen molar-refractivity contribution in [1.82, 2.24) is 10.2 Å². The van der Waals surface area contributed by atoms with Crippen LogP contribution in [0.3, 0.4) is 0 Å². The minimum Gasteiger partial charge on any atom is -0.494 e. The van der Waals surface area contributed by atoms with Crippen molar-refractivity contribution in [3.8, 4) is 40.5 Å². The number of hydrogen-bond acceptors (Lipinski definition) is 7. The Bertz CT molecular complexity index is 1490. The van der Waals surface area contributed by atoms with E-state index in [1.807, 2.05) is 79.7 Å². The molecule has 0 aliphatic carbocycles. The van der Waals surface area contributed by atoms with Gasteiger partial charge in [-0.05, 0) is 42.3 Å². The van der Waals surface area contributed by atoms with Crippen LogP contribution in [-0.2, 0) is 6.61 Å². The Kier molecular flexibility index (Phi) is 6.68. The number of aromatic nitrogens is 2. The molecule has 0 fully saturated rings. The second-order valence-electron chi connectivity index (χ2n) is 8.39. The topological polar surface area (TPSA) is 115 Å². The fourth-order valence-electron chi connectivity index (χ4n) is 4.42. The zero-order chi connectivity index (χ0) is 25.8. The van der Waals surface area contributed by atoms with Gasteiger partial charge < -0.3 is 24.7 Å². The van der Waals surface area contributed by atoms with Gasteiger partial charge in [0.25, 0.3) is 0 Å². The largest absolute Gasteiger partial charge is 0.494 e. The van der Waals surface area contributed by atoms with Crippen molar-refractivity contribution in [2.24, 2.45) is 5.73 Å². The average Bonchev–Trinajstić information content (AvgIpc) is 3.35. The molecule has 0 bridgehead atoms. The van der Waals surface area contributed by atoms with Crippen LogP contribution < -0.4 is 24.7 Å². The maximum atomic E-state index is 10.0. The van der Waals surface area contributed by atoms with Crippen LogP contribution in [-0.4, -0.2) is 23.9 Å². The van der Waals surface area contributed by atoms with E-state index in [0.29, 0.717) is 41.9 Å². The molecule has 8 heteroatoms. The summed E-state index contributed by atoms with van der Waals surface area (Å²) in [7, 11) is 1.59. The van der Waals surface area contributed by atoms with Crippen LogP contribution in [0.15, 0.2) is 84.3 Å². The number of allylic oxidation sites excluding steroid dienone is 1. The molecule has 0 amide bonds. The van der Waals surface area contributed by atoms with Gasteiger partial charge in [0, 0.05) is 5.56 Å². The number of aromatic amines is 1. The van der Waals surface area contributed by atoms with Crippen LogP contribution in [0.5, 0.6) is 23.1 Å². The zero-order valence-electron chi connectivity index (χ0n) is 20.5. The molecule has 3 N–H and O–H groups in total. The van der Waals surface area contributed by atoms with Gasteiger partial charge in [0.15, 0.2) is 11.5 Å². The third kappa shape index (κ3) is 4.67. The Morgan fingerprint density at radius 1 is 1.03 bits per heavy atom. The lowest BCUT2D eigenvalue weighted by atomic mass is 9.83. The summed E-state index contributed by atoms with van der Waals surface area (Å²) >= 11 is 0. The van der Waals surface area contributed by atoms with Crippen molar-refractivity contribution in [2.45, 2.75) is 19.4 Å². The maximum absolute atomic E-state index is 10.0. The van der Waals surface area contributed by atoms with E-state index in [-0.39, 0.29) is 11.5 Å². The summed E-state index contributed by atoms with van der Waals surface area (Å²) in [6.45, 7) is 2.88. The molecular formula is C29H26N4O4. The van der Waals surface area contributed by atoms with Gasteiger partial charge >= 0.3 is 0 Å². The minimum absolute atomic E-state index is 0.0180. The highest BCUT2D eigenvalue weighted by molar-refractivity contribution is 5.72. The Morgan fingerprint density at radius 2 is 1.86 bits per heavy atom. The summed E-state index contributed by atoms with van der Waals surface area (Å²) in [6, 6.07) is 25.4. The van der Waals surface area contributed by atoms with Crippen molar-refractivity contribution < 1.29 is 18.9 Å². The summed E-state index contributed by atoms with van der Waals surface area (Å²) in [6.07, 6.45) is 0. The average molecular weight is 495 g/mol. The van der Waals surface area contributed by atoms with Crippen LogP contribution in [0.2, 0.25) is 0 Å². The number of ether oxygens (including phenoxy) is 4. The molecular weight excluding hydrogens is 468 g/mol. The molecule has 186 valence electrons. The quantitative estimate of drug-likeness (QED) is 0.342. The maximum Gasteiger partial charge on any atom is 0.244 e. The Hall–Kier alpha value is -4.90. The standard InChI is InChI=1S/C29H26N4O4/c1-3-35-21-11-7-10-20(14-21)27-26-25(22(16-30)28(31)37-29(26)33-32-27)19-12-13-23(24(15-19)34-2)36-17-18-8-5-4-6-9-18/h4-15,25H,3,17,31H2,1-2H3,(H,32,33). The molecule has 3 aromatic carbocycles. The Balaban J connectivity index is 1.56. The van der Waals surface area contributed by atoms with Gasteiger partial charge in [0.1, 0.15) is 24.0 Å². The first kappa shape index (κ1) is 23.8. The summed E-state index contributed by atoms with van der Waals surface area (Å²) < 4.78 is 23.1. The molecule has 0 saturated carbocycles. The molecule has 1 unspecified atom stereocenters. The van der Waals surface area contributed by atoms with Crippen molar-refractivity contribution >= 4 is 0 Å². The third-order valence-electron chi connectivity index (χ3n) is 6.13. The monoisotopic (exact) mass is 494 g/mol. The van der Waals surface area contributed by atoms with Gasteiger partial charge in [-0.15, -0.1) is 5.10 Å². The van der Waals surface area contributed by atoms with Gasteiger partial charge in [-0.1, -0.05) is 48.5 Å². The predicted octanol–water partition coefficient (Wildman–Crippen LogP) is 5.28. The van der Waals surface area contributed by atoms with Crippen LogP contribution >= 0.6 is 0 Å². The molecule has 37 heavy (non-hydrogen) atoms. The lowest BCUT2D eigenvalue weighted by Crippen LogP contribution is -2.21. The molecule has 0 saturated heterocycles. The summed E-state index contributed by atoms with van der Waals surface area (Å²) in [4.78, 5) is 0. The molecule has 1 aliphatic rings. The number of nitrogens with one attached hydrogen (secondary N) is 1. The van der Waals surface area contributed by atoms with Gasteiger partial charge in [0.05, 0.1) is 30.9 Å². The van der Waals surface area contributed by atoms with Crippen LogP contribution in [0.1, 0.15) is 29.5 Å². The van der Waals surface area contributed by atoms with E-state index in [4.69, 9.17) is 24.7 Å². The number of nitrogens with zero attached hydrogens (tertiary/aromatic N) is 2. The normalized spacial score (nSPS) is 14.4. The molecule has 1 aliphatic heterocycles. The van der Waals surface area contributed by atoms with Gasteiger partial charge in [-0.25, -0.2) is 0 Å². The van der Waals surface area contributed by atoms with Gasteiger partial charge in [-0.2, -0.15) is 5.26 Å². The van der Waals surface area contributed by atoms with Crippen molar-refractivity contribution in [3.05, 3.63) is 101 Å². The number of fused-ring (bicyclic) bond motifs is 1. The third-order valence-corrected chi connectivity index (χ3v) is 6.13. The number of hydrogen-bond donors (Lipinski definition) is 2. The van der Waals surface area contributed by atoms with E-state index in [1.54, 1.807) is 7.11 Å². The smallest absolute Gasteiger partial charge is 0.244 e. The first-order valence-electron chi connectivity index (χ1n) is 11.9. The van der Waals surface area contributed by atoms with E-state index in [2.05, 4.69) is 16.3 Å². The molecule has 0 radical (unpaired) electrons. The van der Waals surface area contributed by atoms with Crippen LogP contribution in [0.4, 0.5) is 0 Å². The highest BCUT2D eigenvalue weighted by Crippen LogP contribution is 2.47. The summed E-state index contributed by atoms with van der Waals surface area (Å²) in [5, 5.41) is 17.5. The fraction of sp³-hybridized carbons (Fsp3) is 0.172. The second kappa shape index (κ2) is 10.4. The number of methoxy groups -OCH3 is 1. The van der Waals surface area contributed by atoms with Crippen molar-refractivity contribution in [2.75, 3.05) is 13.7 Å². The summed E-state index contributed by atoms with van der Waals surface area (Å²) in [5.74, 6) is 1.67. The van der Waals surface area contributed by atoms with Gasteiger partial charge in [-0.3, -0.25) is 5.10 Å². The molecule has 4 aromatic rings. The SMILES string of the molecule is CCOc1cccc(-c2[nH]nc3c2C(c2ccc(OCc4ccccc4)c(OC)c2)C(C#N)=C(N)O3)c1. The molecule has 5 rings (SSSR count). The minimum atomic E-state index is -0.532. The number of rotatable bonds is 8. The van der Waals surface area contributed by atoms with E-state index in [1.165, 1.54) is 0 Å². The second-order valence-corrected chi connectivity index (χ2v) is 8.39. The number of nitriles is 1. The van der Waals surface area contributed by atoms with E-state index in [0.717, 1.165) is 22.4 Å². The fourth-order valence-corrected chi connectivity index (χ4v) is 4.42. The van der Waals surface area contributed by atoms with Gasteiger partial charge in [0.2, 0.25) is 11.8 Å². The summed E-state index contributed by atoms with van der Waals surface area (Å²) in [5.41, 5.74) is 10.6. The zero-order valence-corrected chi connectivity index (χ0v) is 20.5. The first-order chi connectivity index (χ1) is 18.1. The van der Waals surface area contributed by atoms with E-state index >= 15 is 0 Å². The molecule has 1 atom stereocenters. The number of H-pyrrole nitrogens is 1. The highest BCUT2D eigenvalue weighted by Gasteiger charge is 2.36. The number of nitrogens with two attached hydrogens (primary N) is 1. The first-order valence-corrected chi connectivity index (χ1v) is 11.9. The number of benzene rings is 3. The van der Waals surface area contributed by atoms with E-state index in [9.17, 15) is 5.26 Å². The predicted molar refractivity (Wildman–Crippen MR) is 138 cm³/mol. The Labute approximate surface area is 214 Å². The van der Waals surface area contributed by atoms with Crippen LogP contribution in [0, 0.1) is 11.3 Å². The van der Waals surface area contributed by atoms with Crippen molar-refractivity contribution in [1.29, 1.82) is 5.26 Å². The Morgan fingerprint density at radius 3 is 2.62 bits per heavy atom.